The Balaban J connectivity index is 2.69. The summed E-state index contributed by atoms with van der Waals surface area (Å²) in [5.74, 6) is -0.778. The molecule has 0 aliphatic heterocycles. The number of rotatable bonds is 5. The van der Waals surface area contributed by atoms with E-state index in [0.717, 1.165) is 0 Å². The minimum atomic E-state index is -0.423. The van der Waals surface area contributed by atoms with Gasteiger partial charge in [0.25, 0.3) is 5.91 Å². The van der Waals surface area contributed by atoms with Crippen molar-refractivity contribution in [2.45, 2.75) is 0 Å². The molecule has 1 rings (SSSR count). The molecule has 0 radical (unpaired) electrons. The van der Waals surface area contributed by atoms with Crippen LogP contribution in [0.25, 0.3) is 6.08 Å². The van der Waals surface area contributed by atoms with Crippen LogP contribution in [0.3, 0.4) is 0 Å². The summed E-state index contributed by atoms with van der Waals surface area (Å²) in [6.45, 7) is 1.16. The van der Waals surface area contributed by atoms with Gasteiger partial charge in [-0.3, -0.25) is 4.79 Å². The lowest BCUT2D eigenvalue weighted by Crippen LogP contribution is -2.31. The smallest absolute Gasteiger partial charge is 0.261 e. The van der Waals surface area contributed by atoms with E-state index in [1.807, 2.05) is 25.1 Å². The number of amides is 1. The average Bonchev–Trinajstić information content (AvgIpc) is 2.37. The van der Waals surface area contributed by atoms with E-state index in [2.05, 4.69) is 5.32 Å². The second-order valence-corrected chi connectivity index (χ2v) is 4.28. The number of hydrogen-bond donors (Lipinski definition) is 1. The highest BCUT2D eigenvalue weighted by Gasteiger charge is 2.08. The Kier molecular flexibility index (Phi) is 5.71. The summed E-state index contributed by atoms with van der Waals surface area (Å²) in [5.41, 5.74) is 0.617. The highest BCUT2D eigenvalue weighted by molar-refractivity contribution is 6.01. The molecule has 1 aromatic carbocycles. The van der Waals surface area contributed by atoms with Crippen LogP contribution in [0.15, 0.2) is 29.8 Å². The van der Waals surface area contributed by atoms with Gasteiger partial charge in [-0.2, -0.15) is 5.26 Å². The molecule has 1 N–H and O–H groups in total. The molecule has 0 aliphatic rings. The van der Waals surface area contributed by atoms with Crippen LogP contribution in [0, 0.1) is 17.1 Å². The maximum Gasteiger partial charge on any atom is 0.261 e. The first kappa shape index (κ1) is 14.9. The van der Waals surface area contributed by atoms with Crippen LogP contribution in [-0.2, 0) is 4.79 Å². The molecule has 0 fully saturated rings. The van der Waals surface area contributed by atoms with Gasteiger partial charge in [-0.15, -0.1) is 0 Å². The predicted octanol–water partition coefficient (Wildman–Crippen LogP) is 1.41. The van der Waals surface area contributed by atoms with Gasteiger partial charge in [0.05, 0.1) is 0 Å². The van der Waals surface area contributed by atoms with Crippen molar-refractivity contribution in [2.24, 2.45) is 0 Å². The highest BCUT2D eigenvalue weighted by atomic mass is 19.1. The van der Waals surface area contributed by atoms with Crippen LogP contribution in [0.2, 0.25) is 0 Å². The van der Waals surface area contributed by atoms with Crippen molar-refractivity contribution in [1.29, 1.82) is 5.26 Å². The monoisotopic (exact) mass is 261 g/mol. The van der Waals surface area contributed by atoms with E-state index in [1.165, 1.54) is 30.3 Å². The number of nitrogens with one attached hydrogen (secondary N) is 1. The molecule has 0 spiro atoms. The number of carbonyl (C=O) groups is 1. The fourth-order valence-electron chi connectivity index (χ4n) is 1.36. The Labute approximate surface area is 112 Å². The maximum absolute atomic E-state index is 12.7. The van der Waals surface area contributed by atoms with Gasteiger partial charge in [0.15, 0.2) is 0 Å². The number of nitriles is 1. The first-order valence-electron chi connectivity index (χ1n) is 5.83. The number of halogens is 1. The van der Waals surface area contributed by atoms with Crippen LogP contribution in [0.4, 0.5) is 4.39 Å². The molecule has 5 heteroatoms. The molecule has 0 bridgehead atoms. The topological polar surface area (TPSA) is 56.1 Å². The zero-order valence-electron chi connectivity index (χ0n) is 11.0. The molecule has 1 aromatic rings. The molecule has 0 unspecified atom stereocenters. The fraction of sp³-hybridized carbons (Fsp3) is 0.286. The molecule has 0 heterocycles. The van der Waals surface area contributed by atoms with E-state index in [-0.39, 0.29) is 11.4 Å². The number of nitrogens with zero attached hydrogens (tertiary/aromatic N) is 2. The quantitative estimate of drug-likeness (QED) is 0.644. The normalized spacial score (nSPS) is 11.2. The minimum absolute atomic E-state index is 0.00497. The van der Waals surface area contributed by atoms with E-state index < -0.39 is 5.91 Å². The van der Waals surface area contributed by atoms with Crippen LogP contribution >= 0.6 is 0 Å². The van der Waals surface area contributed by atoms with Crippen LogP contribution in [0.1, 0.15) is 5.56 Å². The van der Waals surface area contributed by atoms with E-state index in [0.29, 0.717) is 18.7 Å². The van der Waals surface area contributed by atoms with Crippen molar-refractivity contribution in [3.05, 3.63) is 41.2 Å². The standard InChI is InChI=1S/C14H16FN3O/c1-18(2)8-7-17-14(19)12(10-16)9-11-3-5-13(15)6-4-11/h3-6,9H,7-8H2,1-2H3,(H,17,19)/b12-9-. The van der Waals surface area contributed by atoms with Crippen molar-refractivity contribution in [3.63, 3.8) is 0 Å². The Hall–Kier alpha value is -2.19. The zero-order chi connectivity index (χ0) is 14.3. The van der Waals surface area contributed by atoms with Gasteiger partial charge < -0.3 is 10.2 Å². The summed E-state index contributed by atoms with van der Waals surface area (Å²) in [7, 11) is 3.79. The Bertz CT molecular complexity index is 500. The van der Waals surface area contributed by atoms with Gasteiger partial charge in [0.2, 0.25) is 0 Å². The second kappa shape index (κ2) is 7.29. The van der Waals surface area contributed by atoms with Crippen LogP contribution < -0.4 is 5.32 Å². The van der Waals surface area contributed by atoms with Crippen LogP contribution in [-0.4, -0.2) is 38.0 Å². The molecule has 100 valence electrons. The third-order valence-corrected chi connectivity index (χ3v) is 2.39. The van der Waals surface area contributed by atoms with Gasteiger partial charge in [0.1, 0.15) is 17.5 Å². The molecular weight excluding hydrogens is 245 g/mol. The first-order chi connectivity index (χ1) is 9.02. The molecule has 4 nitrogen and oxygen atoms in total. The molecule has 0 atom stereocenters. The largest absolute Gasteiger partial charge is 0.350 e. The first-order valence-corrected chi connectivity index (χ1v) is 5.83. The molecular formula is C14H16FN3O. The van der Waals surface area contributed by atoms with E-state index in [9.17, 15) is 9.18 Å². The van der Waals surface area contributed by atoms with Gasteiger partial charge in [-0.1, -0.05) is 12.1 Å². The summed E-state index contributed by atoms with van der Waals surface area (Å²) in [6.07, 6.45) is 1.43. The summed E-state index contributed by atoms with van der Waals surface area (Å²) < 4.78 is 12.7. The molecule has 19 heavy (non-hydrogen) atoms. The maximum atomic E-state index is 12.7. The number of hydrogen-bond acceptors (Lipinski definition) is 3. The second-order valence-electron chi connectivity index (χ2n) is 4.28. The van der Waals surface area contributed by atoms with Crippen molar-refractivity contribution >= 4 is 12.0 Å². The molecule has 0 saturated heterocycles. The van der Waals surface area contributed by atoms with Crippen LogP contribution in [0.5, 0.6) is 0 Å². The van der Waals surface area contributed by atoms with E-state index in [4.69, 9.17) is 5.26 Å². The third-order valence-electron chi connectivity index (χ3n) is 2.39. The zero-order valence-corrected chi connectivity index (χ0v) is 11.0. The third kappa shape index (κ3) is 5.32. The molecule has 0 saturated carbocycles. The fourth-order valence-corrected chi connectivity index (χ4v) is 1.36. The highest BCUT2D eigenvalue weighted by Crippen LogP contribution is 2.08. The Morgan fingerprint density at radius 3 is 2.58 bits per heavy atom. The minimum Gasteiger partial charge on any atom is -0.350 e. The Morgan fingerprint density at radius 2 is 2.05 bits per heavy atom. The van der Waals surface area contributed by atoms with Gasteiger partial charge in [-0.25, -0.2) is 4.39 Å². The van der Waals surface area contributed by atoms with E-state index >= 15 is 0 Å². The molecule has 0 aliphatic carbocycles. The number of likely N-dealkylation sites (N-methyl/N-ethyl adjacent to an activating group) is 1. The summed E-state index contributed by atoms with van der Waals surface area (Å²) in [6, 6.07) is 7.44. The van der Waals surface area contributed by atoms with Gasteiger partial charge >= 0.3 is 0 Å². The van der Waals surface area contributed by atoms with Crippen molar-refractivity contribution < 1.29 is 9.18 Å². The number of carbonyl (C=O) groups excluding carboxylic acids is 1. The lowest BCUT2D eigenvalue weighted by atomic mass is 10.1. The predicted molar refractivity (Wildman–Crippen MR) is 71.6 cm³/mol. The average molecular weight is 261 g/mol. The lowest BCUT2D eigenvalue weighted by Gasteiger charge is -2.09. The van der Waals surface area contributed by atoms with E-state index in [1.54, 1.807) is 0 Å². The summed E-state index contributed by atoms with van der Waals surface area (Å²) in [4.78, 5) is 13.7. The van der Waals surface area contributed by atoms with Gasteiger partial charge in [0, 0.05) is 13.1 Å². The summed E-state index contributed by atoms with van der Waals surface area (Å²) in [5, 5.41) is 11.6. The van der Waals surface area contributed by atoms with Crippen molar-refractivity contribution in [2.75, 3.05) is 27.2 Å². The van der Waals surface area contributed by atoms with Crippen molar-refractivity contribution in [1.82, 2.24) is 10.2 Å². The van der Waals surface area contributed by atoms with Crippen molar-refractivity contribution in [3.8, 4) is 6.07 Å². The summed E-state index contributed by atoms with van der Waals surface area (Å²) >= 11 is 0. The molecule has 1 amide bonds. The SMILES string of the molecule is CN(C)CCNC(=O)/C(C#N)=C\c1ccc(F)cc1. The Morgan fingerprint density at radius 1 is 1.42 bits per heavy atom. The molecule has 0 aromatic heterocycles. The lowest BCUT2D eigenvalue weighted by molar-refractivity contribution is -0.117. The van der Waals surface area contributed by atoms with Gasteiger partial charge in [-0.05, 0) is 37.9 Å². The number of benzene rings is 1.